The molecule has 1 aromatic heterocycles. The Hall–Kier alpha value is -1.27. The van der Waals surface area contributed by atoms with E-state index in [4.69, 9.17) is 5.73 Å². The number of nitrogens with zero attached hydrogens (tertiary/aromatic N) is 3. The summed E-state index contributed by atoms with van der Waals surface area (Å²) in [5.74, 6) is 0.938. The molecule has 4 nitrogen and oxygen atoms in total. The van der Waals surface area contributed by atoms with Gasteiger partial charge in [0.2, 0.25) is 0 Å². The third kappa shape index (κ3) is 1.85. The molecule has 0 spiro atoms. The number of nitrogens with two attached hydrogens (primary N) is 1. The maximum atomic E-state index is 13.2. The molecule has 2 aromatic rings. The SMILES string of the molecule is Cn1c(CN)nnc1-c1cc(F)ccc1Br. The molecule has 0 saturated carbocycles. The van der Waals surface area contributed by atoms with Crippen molar-refractivity contribution in [3.05, 3.63) is 34.3 Å². The lowest BCUT2D eigenvalue weighted by atomic mass is 10.2. The van der Waals surface area contributed by atoms with E-state index in [0.717, 1.165) is 4.47 Å². The Kier molecular flexibility index (Phi) is 3.02. The summed E-state index contributed by atoms with van der Waals surface area (Å²) in [6.45, 7) is 0.302. The molecule has 16 heavy (non-hydrogen) atoms. The molecule has 2 N–H and O–H groups in total. The van der Waals surface area contributed by atoms with Crippen LogP contribution >= 0.6 is 15.9 Å². The maximum absolute atomic E-state index is 13.2. The maximum Gasteiger partial charge on any atom is 0.164 e. The molecule has 0 radical (unpaired) electrons. The highest BCUT2D eigenvalue weighted by atomic mass is 79.9. The molecule has 0 atom stereocenters. The highest BCUT2D eigenvalue weighted by Crippen LogP contribution is 2.27. The summed E-state index contributed by atoms with van der Waals surface area (Å²) < 4.78 is 15.7. The number of benzene rings is 1. The van der Waals surface area contributed by atoms with Crippen LogP contribution in [0.4, 0.5) is 4.39 Å². The third-order valence-electron chi connectivity index (χ3n) is 2.32. The number of hydrogen-bond donors (Lipinski definition) is 1. The Labute approximate surface area is 100 Å². The van der Waals surface area contributed by atoms with Gasteiger partial charge in [-0.15, -0.1) is 10.2 Å². The van der Waals surface area contributed by atoms with Gasteiger partial charge in [0.05, 0.1) is 6.54 Å². The van der Waals surface area contributed by atoms with Gasteiger partial charge in [0.15, 0.2) is 5.82 Å². The van der Waals surface area contributed by atoms with Gasteiger partial charge in [0.1, 0.15) is 11.6 Å². The van der Waals surface area contributed by atoms with Gasteiger partial charge in [-0.05, 0) is 18.2 Å². The third-order valence-corrected chi connectivity index (χ3v) is 3.01. The van der Waals surface area contributed by atoms with Gasteiger partial charge < -0.3 is 10.3 Å². The van der Waals surface area contributed by atoms with Crippen molar-refractivity contribution in [2.45, 2.75) is 6.54 Å². The van der Waals surface area contributed by atoms with E-state index in [-0.39, 0.29) is 5.82 Å². The summed E-state index contributed by atoms with van der Waals surface area (Å²) in [4.78, 5) is 0. The molecule has 1 heterocycles. The van der Waals surface area contributed by atoms with E-state index in [9.17, 15) is 4.39 Å². The lowest BCUT2D eigenvalue weighted by Crippen LogP contribution is -2.05. The molecule has 0 bridgehead atoms. The summed E-state index contributed by atoms with van der Waals surface area (Å²) in [6, 6.07) is 4.43. The lowest BCUT2D eigenvalue weighted by molar-refractivity contribution is 0.627. The lowest BCUT2D eigenvalue weighted by Gasteiger charge is -2.04. The molecular formula is C10H10BrFN4. The molecule has 6 heteroatoms. The topological polar surface area (TPSA) is 56.7 Å². The molecule has 84 valence electrons. The monoisotopic (exact) mass is 284 g/mol. The van der Waals surface area contributed by atoms with Crippen molar-refractivity contribution < 1.29 is 4.39 Å². The van der Waals surface area contributed by atoms with Gasteiger partial charge in [-0.3, -0.25) is 0 Å². The largest absolute Gasteiger partial charge is 0.324 e. The van der Waals surface area contributed by atoms with Crippen molar-refractivity contribution in [1.82, 2.24) is 14.8 Å². The summed E-state index contributed by atoms with van der Waals surface area (Å²) in [7, 11) is 1.80. The number of halogens is 2. The highest BCUT2D eigenvalue weighted by Gasteiger charge is 2.13. The molecular weight excluding hydrogens is 275 g/mol. The van der Waals surface area contributed by atoms with E-state index in [1.807, 2.05) is 0 Å². The summed E-state index contributed by atoms with van der Waals surface area (Å²) in [5.41, 5.74) is 6.16. The predicted octanol–water partition coefficient (Wildman–Crippen LogP) is 1.84. The summed E-state index contributed by atoms with van der Waals surface area (Å²) in [5, 5.41) is 7.92. The van der Waals surface area contributed by atoms with Crippen LogP contribution in [0.2, 0.25) is 0 Å². The van der Waals surface area contributed by atoms with E-state index in [1.54, 1.807) is 17.7 Å². The van der Waals surface area contributed by atoms with Gasteiger partial charge in [0.25, 0.3) is 0 Å². The fourth-order valence-corrected chi connectivity index (χ4v) is 1.87. The quantitative estimate of drug-likeness (QED) is 0.916. The Morgan fingerprint density at radius 2 is 2.19 bits per heavy atom. The van der Waals surface area contributed by atoms with E-state index in [0.29, 0.717) is 23.8 Å². The van der Waals surface area contributed by atoms with Crippen LogP contribution in [0.15, 0.2) is 22.7 Å². The minimum Gasteiger partial charge on any atom is -0.324 e. The Bertz CT molecular complexity index is 524. The fourth-order valence-electron chi connectivity index (χ4n) is 1.44. The first-order valence-electron chi connectivity index (χ1n) is 4.67. The van der Waals surface area contributed by atoms with Gasteiger partial charge in [0, 0.05) is 17.1 Å². The second-order valence-corrected chi connectivity index (χ2v) is 4.18. The van der Waals surface area contributed by atoms with E-state index >= 15 is 0 Å². The Morgan fingerprint density at radius 1 is 1.44 bits per heavy atom. The molecule has 0 aliphatic rings. The molecule has 0 unspecified atom stereocenters. The zero-order chi connectivity index (χ0) is 11.7. The minimum absolute atomic E-state index is 0.302. The van der Waals surface area contributed by atoms with Crippen molar-refractivity contribution in [1.29, 1.82) is 0 Å². The molecule has 0 amide bonds. The van der Waals surface area contributed by atoms with Crippen LogP contribution in [0.5, 0.6) is 0 Å². The molecule has 1 aromatic carbocycles. The molecule has 0 saturated heterocycles. The van der Waals surface area contributed by atoms with E-state index in [1.165, 1.54) is 12.1 Å². The second kappa shape index (κ2) is 4.31. The second-order valence-electron chi connectivity index (χ2n) is 3.33. The summed E-state index contributed by atoms with van der Waals surface area (Å²) in [6.07, 6.45) is 0. The van der Waals surface area contributed by atoms with Crippen molar-refractivity contribution in [3.63, 3.8) is 0 Å². The van der Waals surface area contributed by atoms with Crippen LogP contribution in [-0.4, -0.2) is 14.8 Å². The van der Waals surface area contributed by atoms with Crippen LogP contribution in [0, 0.1) is 5.82 Å². The zero-order valence-corrected chi connectivity index (χ0v) is 10.2. The van der Waals surface area contributed by atoms with Gasteiger partial charge in [-0.2, -0.15) is 0 Å². The van der Waals surface area contributed by atoms with Crippen molar-refractivity contribution in [2.24, 2.45) is 12.8 Å². The van der Waals surface area contributed by atoms with Crippen LogP contribution in [0.3, 0.4) is 0 Å². The average molecular weight is 285 g/mol. The Balaban J connectivity index is 2.58. The van der Waals surface area contributed by atoms with E-state index < -0.39 is 0 Å². The van der Waals surface area contributed by atoms with Crippen LogP contribution < -0.4 is 5.73 Å². The van der Waals surface area contributed by atoms with Crippen LogP contribution in [0.1, 0.15) is 5.82 Å². The molecule has 0 aliphatic heterocycles. The van der Waals surface area contributed by atoms with Gasteiger partial charge >= 0.3 is 0 Å². The van der Waals surface area contributed by atoms with Crippen molar-refractivity contribution >= 4 is 15.9 Å². The standard InChI is InChI=1S/C10H10BrFN4/c1-16-9(5-13)14-15-10(16)7-4-6(12)2-3-8(7)11/h2-4H,5,13H2,1H3. The van der Waals surface area contributed by atoms with Crippen LogP contribution in [-0.2, 0) is 13.6 Å². The van der Waals surface area contributed by atoms with E-state index in [2.05, 4.69) is 26.1 Å². The first-order valence-corrected chi connectivity index (χ1v) is 5.46. The normalized spacial score (nSPS) is 10.8. The van der Waals surface area contributed by atoms with Gasteiger partial charge in [-0.25, -0.2) is 4.39 Å². The first-order chi connectivity index (χ1) is 7.63. The Morgan fingerprint density at radius 3 is 2.81 bits per heavy atom. The van der Waals surface area contributed by atoms with Crippen molar-refractivity contribution in [2.75, 3.05) is 0 Å². The van der Waals surface area contributed by atoms with Crippen molar-refractivity contribution in [3.8, 4) is 11.4 Å². The number of aromatic nitrogens is 3. The smallest absolute Gasteiger partial charge is 0.164 e. The highest BCUT2D eigenvalue weighted by molar-refractivity contribution is 9.10. The fraction of sp³-hybridized carbons (Fsp3) is 0.200. The molecule has 0 fully saturated rings. The zero-order valence-electron chi connectivity index (χ0n) is 8.61. The molecule has 2 rings (SSSR count). The number of rotatable bonds is 2. The first kappa shape index (κ1) is 11.2. The predicted molar refractivity (Wildman–Crippen MR) is 62.0 cm³/mol. The minimum atomic E-state index is -0.310. The average Bonchev–Trinajstić information content (AvgIpc) is 2.63. The summed E-state index contributed by atoms with van der Waals surface area (Å²) >= 11 is 3.35. The van der Waals surface area contributed by atoms with Crippen LogP contribution in [0.25, 0.3) is 11.4 Å². The molecule has 0 aliphatic carbocycles. The number of hydrogen-bond acceptors (Lipinski definition) is 3. The van der Waals surface area contributed by atoms with Gasteiger partial charge in [-0.1, -0.05) is 15.9 Å².